The van der Waals surface area contributed by atoms with Gasteiger partial charge >= 0.3 is 0 Å². The van der Waals surface area contributed by atoms with Gasteiger partial charge in [0.15, 0.2) is 0 Å². The van der Waals surface area contributed by atoms with E-state index in [0.29, 0.717) is 33.9 Å². The summed E-state index contributed by atoms with van der Waals surface area (Å²) in [7, 11) is 3.08. The van der Waals surface area contributed by atoms with E-state index in [1.165, 1.54) is 13.2 Å². The standard InChI is InChI=1S/C24H19FN2O3/c1-29-19-11-9-16(10-12-19)24(28)21-14-27(15-26-21)18-6-3-5-17(13-18)23-20(25)7-4-8-22(23)30-2/h3-15H,1-2H3. The van der Waals surface area contributed by atoms with Gasteiger partial charge in [0.05, 0.1) is 19.8 Å². The Morgan fingerprint density at radius 2 is 1.73 bits per heavy atom. The molecule has 150 valence electrons. The average Bonchev–Trinajstić information content (AvgIpc) is 3.29. The van der Waals surface area contributed by atoms with Gasteiger partial charge in [0.1, 0.15) is 29.3 Å². The van der Waals surface area contributed by atoms with Crippen LogP contribution < -0.4 is 9.47 Å². The summed E-state index contributed by atoms with van der Waals surface area (Å²) in [4.78, 5) is 17.0. The third kappa shape index (κ3) is 3.67. The molecule has 0 N–H and O–H groups in total. The van der Waals surface area contributed by atoms with Gasteiger partial charge in [-0.05, 0) is 54.1 Å². The fraction of sp³-hybridized carbons (Fsp3) is 0.0833. The first-order chi connectivity index (χ1) is 14.6. The van der Waals surface area contributed by atoms with Crippen LogP contribution in [0.4, 0.5) is 4.39 Å². The molecule has 6 heteroatoms. The van der Waals surface area contributed by atoms with Gasteiger partial charge in [-0.15, -0.1) is 0 Å². The number of hydrogen-bond acceptors (Lipinski definition) is 4. The summed E-state index contributed by atoms with van der Waals surface area (Å²) < 4.78 is 26.6. The quantitative estimate of drug-likeness (QED) is 0.429. The van der Waals surface area contributed by atoms with Crippen molar-refractivity contribution >= 4 is 5.78 Å². The summed E-state index contributed by atoms with van der Waals surface area (Å²) >= 11 is 0. The molecule has 30 heavy (non-hydrogen) atoms. The Morgan fingerprint density at radius 1 is 0.967 bits per heavy atom. The zero-order chi connectivity index (χ0) is 21.1. The lowest BCUT2D eigenvalue weighted by atomic mass is 10.0. The molecule has 4 aromatic rings. The van der Waals surface area contributed by atoms with Gasteiger partial charge in [0, 0.05) is 17.4 Å². The number of hydrogen-bond donors (Lipinski definition) is 0. The molecule has 0 spiro atoms. The highest BCUT2D eigenvalue weighted by Crippen LogP contribution is 2.33. The van der Waals surface area contributed by atoms with E-state index in [0.717, 1.165) is 5.69 Å². The highest BCUT2D eigenvalue weighted by Gasteiger charge is 2.15. The Labute approximate surface area is 173 Å². The minimum atomic E-state index is -0.368. The molecule has 0 bridgehead atoms. The van der Waals surface area contributed by atoms with Crippen molar-refractivity contribution in [1.29, 1.82) is 0 Å². The molecule has 1 aromatic heterocycles. The lowest BCUT2D eigenvalue weighted by Crippen LogP contribution is -2.01. The van der Waals surface area contributed by atoms with Crippen LogP contribution in [0.5, 0.6) is 11.5 Å². The van der Waals surface area contributed by atoms with E-state index in [2.05, 4.69) is 4.98 Å². The second kappa shape index (κ2) is 8.21. The van der Waals surface area contributed by atoms with Crippen LogP contribution in [0, 0.1) is 5.82 Å². The first-order valence-corrected chi connectivity index (χ1v) is 9.27. The van der Waals surface area contributed by atoms with Crippen molar-refractivity contribution in [3.8, 4) is 28.3 Å². The molecular formula is C24H19FN2O3. The number of imidazole rings is 1. The van der Waals surface area contributed by atoms with Crippen LogP contribution in [-0.2, 0) is 0 Å². The van der Waals surface area contributed by atoms with Gasteiger partial charge < -0.3 is 14.0 Å². The topological polar surface area (TPSA) is 53.4 Å². The predicted octanol–water partition coefficient (Wildman–Crippen LogP) is 4.93. The minimum absolute atomic E-state index is 0.191. The molecule has 5 nitrogen and oxygen atoms in total. The van der Waals surface area contributed by atoms with Gasteiger partial charge in [-0.2, -0.15) is 0 Å². The molecule has 0 unspecified atom stereocenters. The molecule has 0 atom stereocenters. The number of carbonyl (C=O) groups is 1. The minimum Gasteiger partial charge on any atom is -0.497 e. The Bertz CT molecular complexity index is 1200. The van der Waals surface area contributed by atoms with Crippen molar-refractivity contribution in [3.05, 3.63) is 96.3 Å². The molecular weight excluding hydrogens is 383 g/mol. The van der Waals surface area contributed by atoms with Crippen LogP contribution in [0.1, 0.15) is 16.1 Å². The van der Waals surface area contributed by atoms with Crippen molar-refractivity contribution in [3.63, 3.8) is 0 Å². The van der Waals surface area contributed by atoms with E-state index in [1.807, 2.05) is 24.3 Å². The van der Waals surface area contributed by atoms with Gasteiger partial charge in [0.25, 0.3) is 0 Å². The molecule has 1 heterocycles. The highest BCUT2D eigenvalue weighted by molar-refractivity contribution is 6.07. The van der Waals surface area contributed by atoms with Crippen LogP contribution in [0.25, 0.3) is 16.8 Å². The molecule has 4 rings (SSSR count). The summed E-state index contributed by atoms with van der Waals surface area (Å²) in [5.74, 6) is 0.571. The molecule has 0 aliphatic rings. The zero-order valence-electron chi connectivity index (χ0n) is 16.5. The zero-order valence-corrected chi connectivity index (χ0v) is 16.5. The Balaban J connectivity index is 1.66. The smallest absolute Gasteiger partial charge is 0.212 e. The largest absolute Gasteiger partial charge is 0.497 e. The fourth-order valence-corrected chi connectivity index (χ4v) is 3.25. The first kappa shape index (κ1) is 19.4. The fourth-order valence-electron chi connectivity index (χ4n) is 3.25. The van der Waals surface area contributed by atoms with E-state index >= 15 is 0 Å². The van der Waals surface area contributed by atoms with E-state index in [4.69, 9.17) is 9.47 Å². The van der Waals surface area contributed by atoms with Crippen LogP contribution in [0.15, 0.2) is 79.3 Å². The van der Waals surface area contributed by atoms with Gasteiger partial charge in [-0.3, -0.25) is 4.79 Å². The summed E-state index contributed by atoms with van der Waals surface area (Å²) in [5.41, 5.74) is 2.63. The monoisotopic (exact) mass is 402 g/mol. The molecule has 3 aromatic carbocycles. The molecule has 0 saturated heterocycles. The van der Waals surface area contributed by atoms with E-state index in [9.17, 15) is 9.18 Å². The van der Waals surface area contributed by atoms with Crippen LogP contribution >= 0.6 is 0 Å². The van der Waals surface area contributed by atoms with Crippen molar-refractivity contribution in [2.24, 2.45) is 0 Å². The molecule has 0 amide bonds. The summed E-state index contributed by atoms with van der Waals surface area (Å²) in [6.45, 7) is 0. The number of aromatic nitrogens is 2. The summed E-state index contributed by atoms with van der Waals surface area (Å²) in [5, 5.41) is 0. The Kier molecular flexibility index (Phi) is 5.30. The van der Waals surface area contributed by atoms with Crippen molar-refractivity contribution in [2.75, 3.05) is 14.2 Å². The molecule has 0 radical (unpaired) electrons. The van der Waals surface area contributed by atoms with Crippen LogP contribution in [0.3, 0.4) is 0 Å². The lowest BCUT2D eigenvalue weighted by molar-refractivity contribution is 0.103. The van der Waals surface area contributed by atoms with Crippen molar-refractivity contribution in [1.82, 2.24) is 9.55 Å². The second-order valence-corrected chi connectivity index (χ2v) is 6.59. The van der Waals surface area contributed by atoms with Crippen LogP contribution in [-0.4, -0.2) is 29.6 Å². The number of carbonyl (C=O) groups excluding carboxylic acids is 1. The number of halogens is 1. The molecule has 0 saturated carbocycles. The molecule has 0 fully saturated rings. The SMILES string of the molecule is COc1ccc(C(=O)c2cn(-c3cccc(-c4c(F)cccc4OC)c3)cn2)cc1. The lowest BCUT2D eigenvalue weighted by Gasteiger charge is -2.11. The second-order valence-electron chi connectivity index (χ2n) is 6.59. The number of methoxy groups -OCH3 is 2. The highest BCUT2D eigenvalue weighted by atomic mass is 19.1. The normalized spacial score (nSPS) is 10.6. The third-order valence-corrected chi connectivity index (χ3v) is 4.80. The van der Waals surface area contributed by atoms with E-state index in [-0.39, 0.29) is 11.6 Å². The van der Waals surface area contributed by atoms with Gasteiger partial charge in [-0.25, -0.2) is 9.37 Å². The van der Waals surface area contributed by atoms with Crippen molar-refractivity contribution in [2.45, 2.75) is 0 Å². The number of nitrogens with zero attached hydrogens (tertiary/aromatic N) is 2. The maximum absolute atomic E-state index is 14.5. The maximum Gasteiger partial charge on any atom is 0.212 e. The number of ether oxygens (including phenoxy) is 2. The maximum atomic E-state index is 14.5. The molecule has 0 aliphatic carbocycles. The third-order valence-electron chi connectivity index (χ3n) is 4.80. The Morgan fingerprint density at radius 3 is 2.47 bits per heavy atom. The average molecular weight is 402 g/mol. The van der Waals surface area contributed by atoms with Crippen LogP contribution in [0.2, 0.25) is 0 Å². The van der Waals surface area contributed by atoms with Gasteiger partial charge in [-0.1, -0.05) is 18.2 Å². The van der Waals surface area contributed by atoms with E-state index in [1.54, 1.807) is 60.6 Å². The number of rotatable bonds is 6. The van der Waals surface area contributed by atoms with E-state index < -0.39 is 0 Å². The van der Waals surface area contributed by atoms with Crippen molar-refractivity contribution < 1.29 is 18.7 Å². The summed E-state index contributed by atoms with van der Waals surface area (Å²) in [6, 6.07) is 18.9. The number of benzene rings is 3. The predicted molar refractivity (Wildman–Crippen MR) is 112 cm³/mol. The molecule has 0 aliphatic heterocycles. The Hall–Kier alpha value is -3.93. The van der Waals surface area contributed by atoms with Gasteiger partial charge in [0.2, 0.25) is 5.78 Å². The first-order valence-electron chi connectivity index (χ1n) is 9.27. The summed E-state index contributed by atoms with van der Waals surface area (Å²) in [6.07, 6.45) is 3.22. The number of ketones is 1.